The Morgan fingerprint density at radius 2 is 2.00 bits per heavy atom. The standard InChI is InChI=1S/C19H20FN5O/c1-3-21-9-13-6-7-22-18(20)14(13)10-24-19(26)17-11-23-16-8-12(2)4-5-15(16)25-17/h4-8,11,21H,3,9-10H2,1-2H3,(H,24,26). The van der Waals surface area contributed by atoms with Gasteiger partial charge in [-0.3, -0.25) is 9.78 Å². The molecule has 1 amide bonds. The molecule has 0 fully saturated rings. The number of hydrogen-bond donors (Lipinski definition) is 2. The molecule has 6 nitrogen and oxygen atoms in total. The summed E-state index contributed by atoms with van der Waals surface area (Å²) in [6.07, 6.45) is 2.85. The summed E-state index contributed by atoms with van der Waals surface area (Å²) < 4.78 is 14.1. The second-order valence-electron chi connectivity index (χ2n) is 5.95. The molecule has 0 atom stereocenters. The van der Waals surface area contributed by atoms with Crippen molar-refractivity contribution in [1.29, 1.82) is 0 Å². The van der Waals surface area contributed by atoms with E-state index in [-0.39, 0.29) is 12.2 Å². The van der Waals surface area contributed by atoms with Crippen LogP contribution >= 0.6 is 0 Å². The van der Waals surface area contributed by atoms with Crippen LogP contribution < -0.4 is 10.6 Å². The van der Waals surface area contributed by atoms with Crippen molar-refractivity contribution in [3.63, 3.8) is 0 Å². The van der Waals surface area contributed by atoms with Gasteiger partial charge in [0.25, 0.3) is 5.91 Å². The highest BCUT2D eigenvalue weighted by molar-refractivity contribution is 5.93. The van der Waals surface area contributed by atoms with Gasteiger partial charge in [0.2, 0.25) is 5.95 Å². The molecule has 0 spiro atoms. The minimum Gasteiger partial charge on any atom is -0.346 e. The van der Waals surface area contributed by atoms with Gasteiger partial charge in [0.05, 0.1) is 17.2 Å². The lowest BCUT2D eigenvalue weighted by Gasteiger charge is -2.11. The van der Waals surface area contributed by atoms with Crippen molar-refractivity contribution in [2.45, 2.75) is 26.9 Å². The van der Waals surface area contributed by atoms with E-state index in [9.17, 15) is 9.18 Å². The maximum absolute atomic E-state index is 14.1. The maximum Gasteiger partial charge on any atom is 0.271 e. The molecule has 7 heteroatoms. The van der Waals surface area contributed by atoms with Gasteiger partial charge in [0.15, 0.2) is 0 Å². The second kappa shape index (κ2) is 7.97. The van der Waals surface area contributed by atoms with Crippen molar-refractivity contribution in [2.75, 3.05) is 6.54 Å². The number of halogens is 1. The summed E-state index contributed by atoms with van der Waals surface area (Å²) in [4.78, 5) is 24.7. The van der Waals surface area contributed by atoms with E-state index in [0.29, 0.717) is 17.6 Å². The molecule has 26 heavy (non-hydrogen) atoms. The zero-order valence-electron chi connectivity index (χ0n) is 14.7. The number of nitrogens with one attached hydrogen (secondary N) is 2. The molecule has 0 unspecified atom stereocenters. The zero-order valence-corrected chi connectivity index (χ0v) is 14.7. The van der Waals surface area contributed by atoms with Gasteiger partial charge in [-0.25, -0.2) is 9.97 Å². The molecule has 0 bridgehead atoms. The van der Waals surface area contributed by atoms with Crippen LogP contribution in [0, 0.1) is 12.9 Å². The Morgan fingerprint density at radius 3 is 2.81 bits per heavy atom. The predicted molar refractivity (Wildman–Crippen MR) is 97.0 cm³/mol. The summed E-state index contributed by atoms with van der Waals surface area (Å²) in [5.41, 5.74) is 3.77. The fraction of sp³-hybridized carbons (Fsp3) is 0.263. The van der Waals surface area contributed by atoms with Crippen LogP contribution in [0.25, 0.3) is 11.0 Å². The summed E-state index contributed by atoms with van der Waals surface area (Å²) >= 11 is 0. The molecule has 2 aromatic heterocycles. The molecule has 0 radical (unpaired) electrons. The van der Waals surface area contributed by atoms with Crippen molar-refractivity contribution in [2.24, 2.45) is 0 Å². The third-order valence-corrected chi connectivity index (χ3v) is 4.02. The number of benzene rings is 1. The van der Waals surface area contributed by atoms with Gasteiger partial charge in [-0.2, -0.15) is 4.39 Å². The Kier molecular flexibility index (Phi) is 5.48. The molecular weight excluding hydrogens is 333 g/mol. The van der Waals surface area contributed by atoms with E-state index in [0.717, 1.165) is 23.2 Å². The molecule has 2 heterocycles. The van der Waals surface area contributed by atoms with E-state index >= 15 is 0 Å². The molecule has 0 aliphatic heterocycles. The monoisotopic (exact) mass is 353 g/mol. The lowest BCUT2D eigenvalue weighted by molar-refractivity contribution is 0.0945. The summed E-state index contributed by atoms with van der Waals surface area (Å²) in [7, 11) is 0. The summed E-state index contributed by atoms with van der Waals surface area (Å²) in [6.45, 7) is 5.25. The number of pyridine rings is 1. The third kappa shape index (κ3) is 4.00. The molecule has 0 saturated carbocycles. The van der Waals surface area contributed by atoms with Crippen LogP contribution in [-0.4, -0.2) is 27.4 Å². The van der Waals surface area contributed by atoms with Gasteiger partial charge in [0.1, 0.15) is 5.69 Å². The van der Waals surface area contributed by atoms with Crippen molar-refractivity contribution >= 4 is 16.9 Å². The number of amides is 1. The highest BCUT2D eigenvalue weighted by atomic mass is 19.1. The fourth-order valence-corrected chi connectivity index (χ4v) is 2.60. The molecule has 0 saturated heterocycles. The number of nitrogens with zero attached hydrogens (tertiary/aromatic N) is 3. The number of aromatic nitrogens is 3. The first-order chi connectivity index (χ1) is 12.6. The summed E-state index contributed by atoms with van der Waals surface area (Å²) in [5, 5.41) is 5.85. The minimum atomic E-state index is -0.583. The summed E-state index contributed by atoms with van der Waals surface area (Å²) in [6, 6.07) is 7.38. The van der Waals surface area contributed by atoms with Crippen LogP contribution in [-0.2, 0) is 13.1 Å². The predicted octanol–water partition coefficient (Wildman–Crippen LogP) is 2.51. The number of carbonyl (C=O) groups is 1. The van der Waals surface area contributed by atoms with Crippen LogP contribution in [0.3, 0.4) is 0 Å². The molecular formula is C19H20FN5O. The van der Waals surface area contributed by atoms with Crippen molar-refractivity contribution < 1.29 is 9.18 Å². The molecule has 3 rings (SSSR count). The second-order valence-corrected chi connectivity index (χ2v) is 5.95. The first-order valence-electron chi connectivity index (χ1n) is 8.43. The first-order valence-corrected chi connectivity index (χ1v) is 8.43. The Labute approximate surface area is 150 Å². The van der Waals surface area contributed by atoms with Gasteiger partial charge >= 0.3 is 0 Å². The average Bonchev–Trinajstić information content (AvgIpc) is 2.64. The van der Waals surface area contributed by atoms with Crippen molar-refractivity contribution in [3.05, 3.63) is 65.0 Å². The van der Waals surface area contributed by atoms with Crippen LogP contribution in [0.15, 0.2) is 36.7 Å². The zero-order chi connectivity index (χ0) is 18.5. The molecule has 3 aromatic rings. The first kappa shape index (κ1) is 17.9. The van der Waals surface area contributed by atoms with E-state index in [4.69, 9.17) is 0 Å². The Bertz CT molecular complexity index is 944. The van der Waals surface area contributed by atoms with E-state index in [1.165, 1.54) is 12.4 Å². The van der Waals surface area contributed by atoms with E-state index in [1.54, 1.807) is 6.07 Å². The van der Waals surface area contributed by atoms with Gasteiger partial charge in [-0.15, -0.1) is 0 Å². The Balaban J connectivity index is 1.76. The highest BCUT2D eigenvalue weighted by Gasteiger charge is 2.13. The van der Waals surface area contributed by atoms with Gasteiger partial charge < -0.3 is 10.6 Å². The molecule has 134 valence electrons. The number of carbonyl (C=O) groups excluding carboxylic acids is 1. The van der Waals surface area contributed by atoms with Gasteiger partial charge in [0, 0.05) is 24.8 Å². The van der Waals surface area contributed by atoms with E-state index in [2.05, 4.69) is 25.6 Å². The lowest BCUT2D eigenvalue weighted by Crippen LogP contribution is -2.26. The summed E-state index contributed by atoms with van der Waals surface area (Å²) in [5.74, 6) is -0.988. The quantitative estimate of drug-likeness (QED) is 0.666. The van der Waals surface area contributed by atoms with Crippen LogP contribution in [0.4, 0.5) is 4.39 Å². The lowest BCUT2D eigenvalue weighted by atomic mass is 10.1. The molecule has 2 N–H and O–H groups in total. The van der Waals surface area contributed by atoms with E-state index < -0.39 is 11.9 Å². The van der Waals surface area contributed by atoms with E-state index in [1.807, 2.05) is 32.0 Å². The third-order valence-electron chi connectivity index (χ3n) is 4.02. The van der Waals surface area contributed by atoms with Crippen molar-refractivity contribution in [1.82, 2.24) is 25.6 Å². The number of aryl methyl sites for hydroxylation is 1. The number of rotatable bonds is 6. The van der Waals surface area contributed by atoms with Crippen molar-refractivity contribution in [3.8, 4) is 0 Å². The van der Waals surface area contributed by atoms with Crippen LogP contribution in [0.2, 0.25) is 0 Å². The van der Waals surface area contributed by atoms with Gasteiger partial charge in [-0.1, -0.05) is 13.0 Å². The SMILES string of the molecule is CCNCc1ccnc(F)c1CNC(=O)c1cnc2cc(C)ccc2n1. The highest BCUT2D eigenvalue weighted by Crippen LogP contribution is 2.13. The fourth-order valence-electron chi connectivity index (χ4n) is 2.60. The largest absolute Gasteiger partial charge is 0.346 e. The Hall–Kier alpha value is -2.93. The van der Waals surface area contributed by atoms with Gasteiger partial charge in [-0.05, 0) is 42.8 Å². The normalized spacial score (nSPS) is 10.9. The average molecular weight is 353 g/mol. The number of fused-ring (bicyclic) bond motifs is 1. The number of hydrogen-bond acceptors (Lipinski definition) is 5. The maximum atomic E-state index is 14.1. The molecule has 1 aromatic carbocycles. The minimum absolute atomic E-state index is 0.0346. The topological polar surface area (TPSA) is 79.8 Å². The Morgan fingerprint density at radius 1 is 1.15 bits per heavy atom. The molecule has 0 aliphatic rings. The van der Waals surface area contributed by atoms with Crippen LogP contribution in [0.5, 0.6) is 0 Å². The van der Waals surface area contributed by atoms with Crippen LogP contribution in [0.1, 0.15) is 34.1 Å². The molecule has 0 aliphatic carbocycles. The smallest absolute Gasteiger partial charge is 0.271 e.